The summed E-state index contributed by atoms with van der Waals surface area (Å²) in [7, 11) is 0. The number of carbonyl (C=O) groups is 12. The van der Waals surface area contributed by atoms with Crippen LogP contribution in [0.2, 0.25) is 0 Å². The van der Waals surface area contributed by atoms with Crippen molar-refractivity contribution in [1.29, 1.82) is 0 Å². The number of esters is 8. The normalized spacial score (nSPS) is 14.5. The second kappa shape index (κ2) is 30.4. The highest BCUT2D eigenvalue weighted by atomic mass is 19.4. The van der Waals surface area contributed by atoms with Crippen LogP contribution in [0.5, 0.6) is 69.0 Å². The summed E-state index contributed by atoms with van der Waals surface area (Å²) in [6.45, 7) is 5.28. The first-order valence-corrected chi connectivity index (χ1v) is 36.3. The third kappa shape index (κ3) is 15.2. The van der Waals surface area contributed by atoms with E-state index in [1.807, 2.05) is 97.1 Å². The molecule has 0 N–H and O–H groups in total. The number of ether oxygens (including phenoxy) is 10. The van der Waals surface area contributed by atoms with E-state index in [0.29, 0.717) is 69.1 Å². The second-order valence-corrected chi connectivity index (χ2v) is 28.4. The average Bonchev–Trinajstić information content (AvgIpc) is 1.23. The number of hydrogen-bond donors (Lipinski definition) is 0. The van der Waals surface area contributed by atoms with Crippen LogP contribution >= 0.6 is 0 Å². The van der Waals surface area contributed by atoms with E-state index < -0.39 is 59.3 Å². The Labute approximate surface area is 666 Å². The van der Waals surface area contributed by atoms with Gasteiger partial charge in [0.1, 0.15) is 74.4 Å². The molecule has 0 bridgehead atoms. The van der Waals surface area contributed by atoms with Gasteiger partial charge in [0.2, 0.25) is 0 Å². The molecule has 4 aliphatic heterocycles. The molecular formula is C93H57F3O22. The molecule has 1 atom stereocenters. The Morgan fingerprint density at radius 2 is 0.432 bits per heavy atom. The fourth-order valence-corrected chi connectivity index (χ4v) is 14.0. The minimum absolute atomic E-state index is 0.0347. The highest BCUT2D eigenvalue weighted by Crippen LogP contribution is 2.48. The van der Waals surface area contributed by atoms with Crippen molar-refractivity contribution in [3.8, 4) is 69.0 Å². The number of Topliss-reactive ketones (excluding diaryl/α,β-unsaturated/α-hetero) is 4. The lowest BCUT2D eigenvalue weighted by atomic mass is 9.75. The van der Waals surface area contributed by atoms with E-state index in [2.05, 4.69) is 32.8 Å². The van der Waals surface area contributed by atoms with Gasteiger partial charge in [-0.05, 0) is 229 Å². The van der Waals surface area contributed by atoms with Crippen molar-refractivity contribution in [2.45, 2.75) is 57.0 Å². The maximum atomic E-state index is 14.6. The smallest absolute Gasteiger partial charge is 0.402 e. The second-order valence-electron chi connectivity index (χ2n) is 28.4. The summed E-state index contributed by atoms with van der Waals surface area (Å²) in [5.41, 5.74) is 4.36. The summed E-state index contributed by atoms with van der Waals surface area (Å²) in [6.07, 6.45) is -4.24. The van der Waals surface area contributed by atoms with Gasteiger partial charge in [0.05, 0.1) is 57.3 Å². The number of cyclic esters (lactones) is 8. The van der Waals surface area contributed by atoms with Crippen LogP contribution in [0.15, 0.2) is 255 Å². The van der Waals surface area contributed by atoms with Crippen molar-refractivity contribution in [3.63, 3.8) is 0 Å². The Kier molecular flexibility index (Phi) is 19.7. The number of benzene rings is 12. The number of rotatable bonds is 18. The van der Waals surface area contributed by atoms with Crippen molar-refractivity contribution in [1.82, 2.24) is 0 Å². The van der Waals surface area contributed by atoms with Crippen LogP contribution in [0.3, 0.4) is 0 Å². The van der Waals surface area contributed by atoms with E-state index in [-0.39, 0.29) is 126 Å². The third-order valence-electron chi connectivity index (χ3n) is 20.5. The predicted octanol–water partition coefficient (Wildman–Crippen LogP) is 19.4. The largest absolute Gasteiger partial charge is 0.457 e. The number of ketones is 4. The van der Waals surface area contributed by atoms with Crippen molar-refractivity contribution in [3.05, 3.63) is 355 Å². The van der Waals surface area contributed by atoms with E-state index in [4.69, 9.17) is 28.4 Å². The van der Waals surface area contributed by atoms with Crippen molar-refractivity contribution < 1.29 is 118 Å². The van der Waals surface area contributed by atoms with Crippen molar-refractivity contribution >= 4 is 70.9 Å². The van der Waals surface area contributed by atoms with Gasteiger partial charge < -0.3 is 47.4 Å². The molecule has 12 aromatic carbocycles. The number of hydrogen-bond acceptors (Lipinski definition) is 22. The number of halogens is 3. The van der Waals surface area contributed by atoms with E-state index >= 15 is 0 Å². The zero-order valence-corrected chi connectivity index (χ0v) is 62.0. The van der Waals surface area contributed by atoms with Gasteiger partial charge in [-0.2, -0.15) is 13.2 Å². The molecule has 4 heterocycles. The molecule has 18 rings (SSSR count). The first-order chi connectivity index (χ1) is 56.5. The number of alkyl halides is 3. The zero-order valence-electron chi connectivity index (χ0n) is 62.0. The highest BCUT2D eigenvalue weighted by Gasteiger charge is 2.53. The van der Waals surface area contributed by atoms with Crippen LogP contribution in [-0.2, 0) is 36.2 Å². The van der Waals surface area contributed by atoms with Gasteiger partial charge in [0.15, 0.2) is 23.1 Å². The molecule has 0 saturated heterocycles. The fourth-order valence-electron chi connectivity index (χ4n) is 14.0. The highest BCUT2D eigenvalue weighted by molar-refractivity contribution is 6.25. The van der Waals surface area contributed by atoms with E-state index in [1.165, 1.54) is 121 Å². The van der Waals surface area contributed by atoms with Gasteiger partial charge in [0, 0.05) is 27.7 Å². The van der Waals surface area contributed by atoms with Crippen LogP contribution in [-0.4, -0.2) is 77.1 Å². The molecule has 0 amide bonds. The molecule has 0 radical (unpaired) electrons. The van der Waals surface area contributed by atoms with Crippen LogP contribution in [0.4, 0.5) is 13.2 Å². The lowest BCUT2D eigenvalue weighted by Gasteiger charge is -2.33. The molecule has 12 aromatic rings. The van der Waals surface area contributed by atoms with Gasteiger partial charge >= 0.3 is 53.9 Å². The first-order valence-electron chi connectivity index (χ1n) is 36.3. The monoisotopic (exact) mass is 1580 g/mol. The fraction of sp³-hybridized carbons (Fsp3) is 0.0968. The van der Waals surface area contributed by atoms with Crippen molar-refractivity contribution in [2.75, 3.05) is 0 Å². The maximum Gasteiger partial charge on any atom is 0.402 e. The molecular weight excluding hydrogens is 1530 g/mol. The molecule has 2 aliphatic carbocycles. The molecule has 0 aromatic heterocycles. The van der Waals surface area contributed by atoms with Gasteiger partial charge in [-0.25, -0.2) is 38.4 Å². The Balaban J connectivity index is 0.000000133. The number of fused-ring (bicyclic) bond motifs is 6. The first kappa shape index (κ1) is 76.5. The SMILES string of the molecule is CC(C)(c1ccc(Oc2ccc3c(c2)C(=O)OC3=O)cc1)c1ccc(Oc2ccc3c(c2)C(=O)OC3=O)cc1.CC(c1ccc(Oc2ccc3c(c2)C(=O)CC3=O)cc1)(c1ccc(Oc2ccc3c(c2)C(=O)OC3=O)cc1)C(F)(F)F.O=C1CC(=O)c2cc(Oc3ccc(Cc4ccc(Oc5ccc6c(c5)C(=O)OC6=O)cc4)cc3)ccc21. The molecule has 6 aliphatic rings. The van der Waals surface area contributed by atoms with Crippen LogP contribution in [0.1, 0.15) is 191 Å². The topological polar surface area (TPSA) is 297 Å². The quantitative estimate of drug-likeness (QED) is 0.0438. The molecule has 0 spiro atoms. The van der Waals surface area contributed by atoms with Gasteiger partial charge in [-0.1, -0.05) is 86.6 Å². The number of carbonyl (C=O) groups excluding carboxylic acids is 12. The summed E-state index contributed by atoms with van der Waals surface area (Å²) < 4.78 is 97.0. The Morgan fingerprint density at radius 1 is 0.237 bits per heavy atom. The molecule has 118 heavy (non-hydrogen) atoms. The van der Waals surface area contributed by atoms with E-state index in [9.17, 15) is 70.7 Å². The summed E-state index contributed by atoms with van der Waals surface area (Å²) in [4.78, 5) is 141. The van der Waals surface area contributed by atoms with Gasteiger partial charge in [-0.3, -0.25) is 19.2 Å². The van der Waals surface area contributed by atoms with Crippen LogP contribution in [0.25, 0.3) is 0 Å². The van der Waals surface area contributed by atoms with Gasteiger partial charge in [-0.15, -0.1) is 0 Å². The van der Waals surface area contributed by atoms with Crippen molar-refractivity contribution in [2.24, 2.45) is 0 Å². The Bertz CT molecular complexity index is 5910. The molecule has 0 fully saturated rings. The predicted molar refractivity (Wildman–Crippen MR) is 411 cm³/mol. The standard InChI is InChI=1S/C32H19F3O7.C31H20O8.C30H18O7/c1-31(32(33,34)35,17-2-6-19(7-3-17)40-21-10-12-23-25(14-21)28(37)16-27(23)36)18-4-8-20(9-5-18)41-22-11-13-24-26(15-22)30(39)42-29(24)38;1-31(2,17-3-7-19(8-4-17)36-21-11-13-23-25(15-21)29(34)38-27(23)32)18-5-9-20(10-6-18)37-22-12-14-24-26(16-22)30(35)39-28(24)33;31-27-16-28(32)25-14-21(9-11-23(25)27)35-19-5-1-17(2-6-19)13-18-3-7-20(8-4-18)36-22-10-12-24-26(15-22)30(34)37-29(24)33/h2-15H,16H2,1H3;3-16H,1-2H3;1-12,14-15H,13,16H2. The molecule has 22 nitrogen and oxygen atoms in total. The molecule has 25 heteroatoms. The van der Waals surface area contributed by atoms with Crippen LogP contribution < -0.4 is 28.4 Å². The average molecular weight is 1580 g/mol. The van der Waals surface area contributed by atoms with Gasteiger partial charge in [0.25, 0.3) is 0 Å². The summed E-state index contributed by atoms with van der Waals surface area (Å²) in [5.74, 6) is -1.27. The lowest BCUT2D eigenvalue weighted by Crippen LogP contribution is -2.40. The molecule has 1 unspecified atom stereocenters. The Hall–Kier alpha value is -15.5. The molecule has 582 valence electrons. The molecule has 0 saturated carbocycles. The summed E-state index contributed by atoms with van der Waals surface area (Å²) in [5, 5.41) is 0. The maximum absolute atomic E-state index is 14.6. The minimum atomic E-state index is -4.67. The Morgan fingerprint density at radius 3 is 0.678 bits per heavy atom. The minimum Gasteiger partial charge on any atom is -0.457 e. The zero-order chi connectivity index (χ0) is 82.6. The van der Waals surface area contributed by atoms with E-state index in [0.717, 1.165) is 29.2 Å². The summed E-state index contributed by atoms with van der Waals surface area (Å²) in [6, 6.07) is 68.8. The lowest BCUT2D eigenvalue weighted by molar-refractivity contribution is -0.173. The van der Waals surface area contributed by atoms with E-state index in [1.54, 1.807) is 36.4 Å². The third-order valence-corrected chi connectivity index (χ3v) is 20.5. The van der Waals surface area contributed by atoms with Crippen LogP contribution in [0, 0.1) is 0 Å². The summed E-state index contributed by atoms with van der Waals surface area (Å²) >= 11 is 0.